The first kappa shape index (κ1) is 32.6. The number of aliphatic carboxylic acids is 1. The molecule has 0 aliphatic carbocycles. The van der Waals surface area contributed by atoms with Gasteiger partial charge in [0.1, 0.15) is 5.78 Å². The van der Waals surface area contributed by atoms with E-state index in [-0.39, 0.29) is 26.2 Å². The van der Waals surface area contributed by atoms with Crippen LogP contribution in [0.3, 0.4) is 0 Å². The van der Waals surface area contributed by atoms with Gasteiger partial charge in [0.05, 0.1) is 38.6 Å². The van der Waals surface area contributed by atoms with E-state index in [1.54, 1.807) is 19.1 Å². The number of carbonyl (C=O) groups is 4. The van der Waals surface area contributed by atoms with Gasteiger partial charge in [0.2, 0.25) is 5.91 Å². The summed E-state index contributed by atoms with van der Waals surface area (Å²) < 4.78 is 22.5. The van der Waals surface area contributed by atoms with E-state index in [9.17, 15) is 33.5 Å². The molecular weight excluding hydrogens is 543 g/mol. The topological polar surface area (TPSA) is 180 Å². The molecule has 0 spiro atoms. The van der Waals surface area contributed by atoms with Gasteiger partial charge in [-0.2, -0.15) is 0 Å². The van der Waals surface area contributed by atoms with Gasteiger partial charge in [-0.25, -0.2) is 0 Å². The fraction of sp³-hybridized carbons (Fsp3) is 0.407. The summed E-state index contributed by atoms with van der Waals surface area (Å²) in [6.45, 7) is 2.02. The highest BCUT2D eigenvalue weighted by Crippen LogP contribution is 2.46. The maximum Gasteiger partial charge on any atom is 0.343 e. The van der Waals surface area contributed by atoms with Gasteiger partial charge in [0.15, 0.2) is 0 Å². The zero-order valence-corrected chi connectivity index (χ0v) is 23.3. The van der Waals surface area contributed by atoms with Crippen LogP contribution < -0.4 is 5.32 Å². The molecule has 0 saturated carbocycles. The molecule has 2 aromatic rings. The molecule has 0 heterocycles. The fourth-order valence-electron chi connectivity index (χ4n) is 4.04. The minimum absolute atomic E-state index is 0.0262. The van der Waals surface area contributed by atoms with Crippen LogP contribution in [0.25, 0.3) is 11.1 Å². The molecule has 0 saturated heterocycles. The number of ether oxygens (including phenoxy) is 2. The van der Waals surface area contributed by atoms with Gasteiger partial charge in [-0.3, -0.25) is 28.6 Å². The lowest BCUT2D eigenvalue weighted by Crippen LogP contribution is -2.54. The number of hydrogen-bond donors (Lipinski definition) is 4. The van der Waals surface area contributed by atoms with E-state index >= 15 is 0 Å². The predicted octanol–water partition coefficient (Wildman–Crippen LogP) is 2.18. The smallest absolute Gasteiger partial charge is 0.343 e. The minimum atomic E-state index is -5.13. The van der Waals surface area contributed by atoms with Crippen molar-refractivity contribution in [1.82, 2.24) is 10.2 Å². The van der Waals surface area contributed by atoms with Crippen LogP contribution in [0.4, 0.5) is 0 Å². The maximum absolute atomic E-state index is 13.4. The van der Waals surface area contributed by atoms with Crippen molar-refractivity contribution in [3.63, 3.8) is 0 Å². The summed E-state index contributed by atoms with van der Waals surface area (Å²) in [5, 5.41) is 11.4. The Balaban J connectivity index is 2.51. The summed E-state index contributed by atoms with van der Waals surface area (Å²) in [6.07, 6.45) is -1.32. The number of nitrogens with one attached hydrogen (secondary N) is 1. The van der Waals surface area contributed by atoms with Crippen molar-refractivity contribution < 1.29 is 48.1 Å². The maximum atomic E-state index is 13.4. The van der Waals surface area contributed by atoms with Crippen molar-refractivity contribution in [3.05, 3.63) is 60.2 Å². The molecule has 0 aliphatic heterocycles. The first-order chi connectivity index (χ1) is 19.0. The average Bonchev–Trinajstić information content (AvgIpc) is 2.89. The number of carboxylic acids is 1. The third kappa shape index (κ3) is 10.5. The van der Waals surface area contributed by atoms with E-state index in [0.29, 0.717) is 5.56 Å². The lowest BCUT2D eigenvalue weighted by molar-refractivity contribution is -0.149. The molecule has 12 nitrogen and oxygen atoms in total. The van der Waals surface area contributed by atoms with Crippen molar-refractivity contribution >= 4 is 31.4 Å². The summed E-state index contributed by atoms with van der Waals surface area (Å²) >= 11 is 0. The van der Waals surface area contributed by atoms with Gasteiger partial charge in [-0.15, -0.1) is 0 Å². The molecule has 13 heteroatoms. The normalized spacial score (nSPS) is 12.8. The molecule has 2 aromatic carbocycles. The second-order valence-electron chi connectivity index (χ2n) is 8.77. The Morgan fingerprint density at radius 2 is 1.48 bits per heavy atom. The van der Waals surface area contributed by atoms with Gasteiger partial charge in [-0.05, 0) is 37.0 Å². The summed E-state index contributed by atoms with van der Waals surface area (Å²) in [7, 11) is -5.13. The number of esters is 2. The van der Waals surface area contributed by atoms with Gasteiger partial charge in [0.25, 0.3) is 0 Å². The van der Waals surface area contributed by atoms with Crippen LogP contribution >= 0.6 is 7.60 Å². The zero-order valence-electron chi connectivity index (χ0n) is 22.4. The zero-order chi connectivity index (χ0) is 29.7. The highest BCUT2D eigenvalue weighted by molar-refractivity contribution is 7.52. The molecule has 4 N–H and O–H groups in total. The molecule has 218 valence electrons. The summed E-state index contributed by atoms with van der Waals surface area (Å²) in [6, 6.07) is 15.2. The highest BCUT2D eigenvalue weighted by atomic mass is 31.2. The molecular formula is C27H35N2O10P. The van der Waals surface area contributed by atoms with Crippen molar-refractivity contribution in [1.29, 1.82) is 0 Å². The van der Waals surface area contributed by atoms with Gasteiger partial charge in [0, 0.05) is 6.54 Å². The highest BCUT2D eigenvalue weighted by Gasteiger charge is 2.43. The van der Waals surface area contributed by atoms with Crippen LogP contribution in [0, 0.1) is 0 Å². The Morgan fingerprint density at radius 3 is 2.02 bits per heavy atom. The number of carboxylic acid groups (broad SMARTS) is 1. The monoisotopic (exact) mass is 578 g/mol. The Hall–Kier alpha value is -3.57. The van der Waals surface area contributed by atoms with Crippen LogP contribution in [0.5, 0.6) is 0 Å². The van der Waals surface area contributed by atoms with Gasteiger partial charge < -0.3 is 29.7 Å². The molecule has 1 unspecified atom stereocenters. The lowest BCUT2D eigenvalue weighted by Gasteiger charge is -2.36. The van der Waals surface area contributed by atoms with Crippen molar-refractivity contribution in [2.75, 3.05) is 26.3 Å². The van der Waals surface area contributed by atoms with Gasteiger partial charge >= 0.3 is 25.5 Å². The van der Waals surface area contributed by atoms with E-state index in [0.717, 1.165) is 16.0 Å². The van der Waals surface area contributed by atoms with E-state index in [2.05, 4.69) is 5.32 Å². The molecule has 1 amide bonds. The van der Waals surface area contributed by atoms with Crippen LogP contribution in [-0.4, -0.2) is 81.7 Å². The van der Waals surface area contributed by atoms with Crippen LogP contribution in [0.1, 0.15) is 32.3 Å². The first-order valence-electron chi connectivity index (χ1n) is 12.7. The Labute approximate surface area is 232 Å². The second-order valence-corrected chi connectivity index (χ2v) is 10.5. The van der Waals surface area contributed by atoms with E-state index < -0.39 is 62.6 Å². The third-order valence-electron chi connectivity index (χ3n) is 5.87. The predicted molar refractivity (Wildman–Crippen MR) is 145 cm³/mol. The SMILES string of the molecule is CCOC(=O)CC(N(CC(=O)OCC)[C@@H](Cc1ccc(-c2ccccc2)cc1)C(=O)NCCC(=O)O)P(=O)(O)O. The number of carbonyl (C=O) groups excluding carboxylic acids is 3. The number of hydrogen-bond acceptors (Lipinski definition) is 8. The summed E-state index contributed by atoms with van der Waals surface area (Å²) in [4.78, 5) is 70.6. The molecule has 2 atom stereocenters. The first-order valence-corrected chi connectivity index (χ1v) is 14.4. The Morgan fingerprint density at radius 1 is 0.900 bits per heavy atom. The second kappa shape index (κ2) is 15.9. The van der Waals surface area contributed by atoms with E-state index in [1.807, 2.05) is 42.5 Å². The van der Waals surface area contributed by atoms with Crippen molar-refractivity contribution in [2.24, 2.45) is 0 Å². The molecule has 0 aromatic heterocycles. The standard InChI is InChI=1S/C27H35N2O10P/c1-3-38-25(32)17-23(40(35,36)37)29(18-26(33)39-4-2)22(27(34)28-15-14-24(30)31)16-19-10-12-21(13-11-19)20-8-6-5-7-9-20/h5-13,22-23H,3-4,14-18H2,1-2H3,(H,28,34)(H,30,31)(H2,35,36,37)/t22-,23?/m0/s1. The third-order valence-corrected chi connectivity index (χ3v) is 7.13. The van der Waals surface area contributed by atoms with Crippen LogP contribution in [0.2, 0.25) is 0 Å². The Kier molecular flexibility index (Phi) is 13.0. The van der Waals surface area contributed by atoms with Crippen LogP contribution in [-0.2, 0) is 39.6 Å². The molecule has 0 fully saturated rings. The summed E-state index contributed by atoms with van der Waals surface area (Å²) in [5.41, 5.74) is 2.44. The molecule has 0 radical (unpaired) electrons. The van der Waals surface area contributed by atoms with Crippen molar-refractivity contribution in [2.45, 2.75) is 44.9 Å². The van der Waals surface area contributed by atoms with E-state index in [1.165, 1.54) is 6.92 Å². The van der Waals surface area contributed by atoms with E-state index in [4.69, 9.17) is 14.6 Å². The molecule has 0 aliphatic rings. The molecule has 2 rings (SSSR count). The quantitative estimate of drug-likeness (QED) is 0.169. The Bertz CT molecular complexity index is 1180. The number of rotatable bonds is 16. The number of nitrogens with zero attached hydrogens (tertiary/aromatic N) is 1. The largest absolute Gasteiger partial charge is 0.481 e. The average molecular weight is 579 g/mol. The van der Waals surface area contributed by atoms with Gasteiger partial charge in [-0.1, -0.05) is 54.6 Å². The molecule has 0 bridgehead atoms. The lowest BCUT2D eigenvalue weighted by atomic mass is 9.99. The molecule has 40 heavy (non-hydrogen) atoms. The van der Waals surface area contributed by atoms with Crippen LogP contribution in [0.15, 0.2) is 54.6 Å². The number of amides is 1. The summed E-state index contributed by atoms with van der Waals surface area (Å²) in [5.74, 6) is -5.63. The fourth-order valence-corrected chi connectivity index (χ4v) is 5.05. The minimum Gasteiger partial charge on any atom is -0.481 e. The number of benzene rings is 2. The van der Waals surface area contributed by atoms with Crippen molar-refractivity contribution in [3.8, 4) is 11.1 Å².